The summed E-state index contributed by atoms with van der Waals surface area (Å²) >= 11 is 0. The van der Waals surface area contributed by atoms with Gasteiger partial charge < -0.3 is 10.6 Å². The molecule has 27 heavy (non-hydrogen) atoms. The molecule has 1 fully saturated rings. The first-order valence-electron chi connectivity index (χ1n) is 9.66. The van der Waals surface area contributed by atoms with Crippen LogP contribution in [0, 0.1) is 0 Å². The van der Waals surface area contributed by atoms with Gasteiger partial charge in [-0.2, -0.15) is 5.10 Å². The van der Waals surface area contributed by atoms with Gasteiger partial charge in [-0.3, -0.25) is 14.4 Å². The molecule has 1 saturated carbocycles. The number of carbonyl (C=O) groups is 3. The minimum Gasteiger partial charge on any atom is -0.353 e. The van der Waals surface area contributed by atoms with Crippen molar-refractivity contribution < 1.29 is 14.4 Å². The minimum absolute atomic E-state index is 0.0335. The van der Waals surface area contributed by atoms with Crippen molar-refractivity contribution in [1.29, 1.82) is 0 Å². The van der Waals surface area contributed by atoms with Crippen LogP contribution < -0.4 is 15.6 Å². The molecule has 1 aliphatic heterocycles. The monoisotopic (exact) mass is 370 g/mol. The van der Waals surface area contributed by atoms with Crippen molar-refractivity contribution >= 4 is 29.1 Å². The molecule has 2 N–H and O–H groups in total. The van der Waals surface area contributed by atoms with E-state index in [1.165, 1.54) is 11.4 Å². The summed E-state index contributed by atoms with van der Waals surface area (Å²) in [6, 6.07) is 9.31. The average Bonchev–Trinajstić information content (AvgIpc) is 2.69. The van der Waals surface area contributed by atoms with Crippen LogP contribution >= 0.6 is 0 Å². The Labute approximate surface area is 159 Å². The first-order valence-corrected chi connectivity index (χ1v) is 9.66. The van der Waals surface area contributed by atoms with E-state index < -0.39 is 0 Å². The molecule has 7 heteroatoms. The Kier molecular flexibility index (Phi) is 6.57. The number of carbonyl (C=O) groups excluding carboxylic acids is 3. The fourth-order valence-corrected chi connectivity index (χ4v) is 3.43. The van der Waals surface area contributed by atoms with Gasteiger partial charge >= 0.3 is 0 Å². The van der Waals surface area contributed by atoms with Gasteiger partial charge in [0, 0.05) is 31.8 Å². The molecule has 3 amide bonds. The van der Waals surface area contributed by atoms with E-state index >= 15 is 0 Å². The Hall–Kier alpha value is -2.70. The number of nitrogens with zero attached hydrogens (tertiary/aromatic N) is 2. The molecule has 0 bridgehead atoms. The van der Waals surface area contributed by atoms with Crippen molar-refractivity contribution in [3.63, 3.8) is 0 Å². The molecule has 2 aliphatic rings. The van der Waals surface area contributed by atoms with Crippen LogP contribution in [0.5, 0.6) is 0 Å². The molecule has 0 spiro atoms. The van der Waals surface area contributed by atoms with E-state index in [2.05, 4.69) is 15.7 Å². The summed E-state index contributed by atoms with van der Waals surface area (Å²) in [4.78, 5) is 36.4. The van der Waals surface area contributed by atoms with Gasteiger partial charge in [0.15, 0.2) is 0 Å². The number of anilines is 1. The molecule has 144 valence electrons. The van der Waals surface area contributed by atoms with Gasteiger partial charge in [-0.15, -0.1) is 0 Å². The molecular formula is C20H26N4O3. The predicted molar refractivity (Wildman–Crippen MR) is 103 cm³/mol. The van der Waals surface area contributed by atoms with E-state index in [1.54, 1.807) is 12.1 Å². The fourth-order valence-electron chi connectivity index (χ4n) is 3.43. The van der Waals surface area contributed by atoms with Gasteiger partial charge in [0.25, 0.3) is 5.91 Å². The second kappa shape index (κ2) is 9.30. The number of para-hydroxylation sites is 1. The van der Waals surface area contributed by atoms with E-state index in [0.717, 1.165) is 25.7 Å². The van der Waals surface area contributed by atoms with Gasteiger partial charge in [0.05, 0.1) is 5.69 Å². The van der Waals surface area contributed by atoms with Crippen molar-refractivity contribution in [1.82, 2.24) is 10.6 Å². The zero-order valence-electron chi connectivity index (χ0n) is 15.4. The van der Waals surface area contributed by atoms with E-state index in [0.29, 0.717) is 17.8 Å². The molecule has 1 aromatic rings. The number of benzene rings is 1. The Morgan fingerprint density at radius 1 is 1.07 bits per heavy atom. The zero-order chi connectivity index (χ0) is 19.1. The first kappa shape index (κ1) is 19.1. The topological polar surface area (TPSA) is 90.9 Å². The summed E-state index contributed by atoms with van der Waals surface area (Å²) in [6.07, 6.45) is 6.45. The van der Waals surface area contributed by atoms with Crippen LogP contribution in [0.4, 0.5) is 5.69 Å². The van der Waals surface area contributed by atoms with Gasteiger partial charge in [-0.05, 0) is 25.0 Å². The highest BCUT2D eigenvalue weighted by atomic mass is 16.2. The summed E-state index contributed by atoms with van der Waals surface area (Å²) in [6.45, 7) is 0.260. The summed E-state index contributed by atoms with van der Waals surface area (Å²) in [7, 11) is 0. The zero-order valence-corrected chi connectivity index (χ0v) is 15.4. The number of hydrogen-bond donors (Lipinski definition) is 2. The van der Waals surface area contributed by atoms with E-state index in [1.807, 2.05) is 18.2 Å². The van der Waals surface area contributed by atoms with Crippen molar-refractivity contribution in [2.24, 2.45) is 5.10 Å². The van der Waals surface area contributed by atoms with Crippen LogP contribution in [0.25, 0.3) is 0 Å². The number of rotatable bonds is 6. The Morgan fingerprint density at radius 2 is 1.81 bits per heavy atom. The summed E-state index contributed by atoms with van der Waals surface area (Å²) in [5.74, 6) is -0.493. The lowest BCUT2D eigenvalue weighted by atomic mass is 9.95. The number of hydrazone groups is 1. The Balaban J connectivity index is 1.48. The highest BCUT2D eigenvalue weighted by Crippen LogP contribution is 2.20. The van der Waals surface area contributed by atoms with Crippen LogP contribution in [-0.4, -0.2) is 36.0 Å². The third-order valence-electron chi connectivity index (χ3n) is 4.90. The van der Waals surface area contributed by atoms with Crippen LogP contribution in [0.2, 0.25) is 0 Å². The molecule has 3 rings (SSSR count). The Bertz CT molecular complexity index is 711. The molecule has 7 nitrogen and oxygen atoms in total. The molecule has 0 radical (unpaired) electrons. The summed E-state index contributed by atoms with van der Waals surface area (Å²) in [5.41, 5.74) is 0.950. The maximum absolute atomic E-state index is 12.3. The molecule has 0 aromatic heterocycles. The number of nitrogens with one attached hydrogen (secondary N) is 2. The standard InChI is InChI=1S/C20H26N4O3/c25-18(22-15-7-3-1-4-8-15)13-14-21-20(27)17-11-12-19(26)24(23-17)16-9-5-2-6-10-16/h2,5-6,9-10,15H,1,3-4,7-8,11-14H2,(H,21,27)(H,22,25). The van der Waals surface area contributed by atoms with Gasteiger partial charge in [-0.1, -0.05) is 37.5 Å². The van der Waals surface area contributed by atoms with E-state index in [9.17, 15) is 14.4 Å². The lowest BCUT2D eigenvalue weighted by molar-refractivity contribution is -0.122. The average molecular weight is 370 g/mol. The lowest BCUT2D eigenvalue weighted by Gasteiger charge is -2.23. The van der Waals surface area contributed by atoms with Crippen LogP contribution in [0.3, 0.4) is 0 Å². The molecule has 1 aliphatic carbocycles. The van der Waals surface area contributed by atoms with Crippen LogP contribution in [0.1, 0.15) is 51.4 Å². The van der Waals surface area contributed by atoms with Gasteiger partial charge in [-0.25, -0.2) is 5.01 Å². The van der Waals surface area contributed by atoms with Crippen molar-refractivity contribution in [2.75, 3.05) is 11.6 Å². The van der Waals surface area contributed by atoms with E-state index in [-0.39, 0.29) is 43.1 Å². The highest BCUT2D eigenvalue weighted by molar-refractivity contribution is 6.40. The smallest absolute Gasteiger partial charge is 0.267 e. The SMILES string of the molecule is O=C(CCNC(=O)C1=NN(c2ccccc2)C(=O)CC1)NC1CCCCC1. The lowest BCUT2D eigenvalue weighted by Crippen LogP contribution is -2.41. The number of hydrogen-bond acceptors (Lipinski definition) is 4. The van der Waals surface area contributed by atoms with E-state index in [4.69, 9.17) is 0 Å². The third kappa shape index (κ3) is 5.39. The molecule has 1 aromatic carbocycles. The number of amides is 3. The van der Waals surface area contributed by atoms with Crippen LogP contribution in [-0.2, 0) is 14.4 Å². The van der Waals surface area contributed by atoms with Crippen LogP contribution in [0.15, 0.2) is 35.4 Å². The maximum Gasteiger partial charge on any atom is 0.267 e. The van der Waals surface area contributed by atoms with Gasteiger partial charge in [0.1, 0.15) is 5.71 Å². The van der Waals surface area contributed by atoms with Gasteiger partial charge in [0.2, 0.25) is 11.8 Å². The predicted octanol–water partition coefficient (Wildman–Crippen LogP) is 2.12. The second-order valence-electron chi connectivity index (χ2n) is 7.00. The minimum atomic E-state index is -0.325. The molecule has 0 saturated heterocycles. The molecule has 0 atom stereocenters. The largest absolute Gasteiger partial charge is 0.353 e. The normalized spacial score (nSPS) is 18.0. The first-order chi connectivity index (χ1) is 13.1. The summed E-state index contributed by atoms with van der Waals surface area (Å²) in [5, 5.41) is 11.3. The Morgan fingerprint density at radius 3 is 2.56 bits per heavy atom. The molecular weight excluding hydrogens is 344 g/mol. The highest BCUT2D eigenvalue weighted by Gasteiger charge is 2.25. The fraction of sp³-hybridized carbons (Fsp3) is 0.500. The third-order valence-corrected chi connectivity index (χ3v) is 4.90. The maximum atomic E-state index is 12.3. The van der Waals surface area contributed by atoms with Crippen molar-refractivity contribution in [3.05, 3.63) is 30.3 Å². The molecule has 1 heterocycles. The molecule has 0 unspecified atom stereocenters. The summed E-state index contributed by atoms with van der Waals surface area (Å²) < 4.78 is 0. The van der Waals surface area contributed by atoms with Crippen molar-refractivity contribution in [2.45, 2.75) is 57.4 Å². The quantitative estimate of drug-likeness (QED) is 0.804. The second-order valence-corrected chi connectivity index (χ2v) is 7.00. The van der Waals surface area contributed by atoms with Crippen molar-refractivity contribution in [3.8, 4) is 0 Å².